The topological polar surface area (TPSA) is 76.8 Å². The van der Waals surface area contributed by atoms with Crippen molar-refractivity contribution in [3.8, 4) is 0 Å². The van der Waals surface area contributed by atoms with Crippen LogP contribution in [0.5, 0.6) is 0 Å². The number of hydrogen-bond acceptors (Lipinski definition) is 4. The minimum Gasteiger partial charge on any atom is -0.399 e. The van der Waals surface area contributed by atoms with Crippen LogP contribution in [0.15, 0.2) is 52.7 Å². The molecule has 0 aromatic heterocycles. The number of nitrogens with zero attached hydrogens (tertiary/aromatic N) is 2. The summed E-state index contributed by atoms with van der Waals surface area (Å²) in [6.45, 7) is 0. The fourth-order valence-corrected chi connectivity index (χ4v) is 1.53. The number of nitrogens with two attached hydrogens (primary N) is 2. The summed E-state index contributed by atoms with van der Waals surface area (Å²) in [5.74, 6) is 0. The van der Waals surface area contributed by atoms with Gasteiger partial charge in [-0.3, -0.25) is 0 Å². The van der Waals surface area contributed by atoms with Crippen LogP contribution < -0.4 is 11.5 Å². The van der Waals surface area contributed by atoms with Gasteiger partial charge in [-0.15, -0.1) is 5.11 Å². The molecule has 4 nitrogen and oxygen atoms in total. The summed E-state index contributed by atoms with van der Waals surface area (Å²) >= 11 is 5.97. The molecule has 86 valence electrons. The molecule has 0 unspecified atom stereocenters. The standard InChI is InChI=1S/C12H11ClN4/c13-11-7-9(15)4-5-12(11)17-16-10-3-1-2-8(14)6-10/h1-7H,14-15H2. The van der Waals surface area contributed by atoms with Crippen molar-refractivity contribution in [3.05, 3.63) is 47.5 Å². The molecule has 0 fully saturated rings. The zero-order chi connectivity index (χ0) is 12.3. The van der Waals surface area contributed by atoms with Gasteiger partial charge < -0.3 is 11.5 Å². The number of nitrogen functional groups attached to an aromatic ring is 2. The number of benzene rings is 2. The minimum absolute atomic E-state index is 0.470. The van der Waals surface area contributed by atoms with E-state index in [1.54, 1.807) is 30.3 Å². The van der Waals surface area contributed by atoms with Gasteiger partial charge in [-0.2, -0.15) is 5.11 Å². The lowest BCUT2D eigenvalue weighted by Crippen LogP contribution is -1.82. The first kappa shape index (κ1) is 11.4. The summed E-state index contributed by atoms with van der Waals surface area (Å²) in [5, 5.41) is 8.56. The lowest BCUT2D eigenvalue weighted by Gasteiger charge is -1.98. The van der Waals surface area contributed by atoms with E-state index >= 15 is 0 Å². The van der Waals surface area contributed by atoms with E-state index in [-0.39, 0.29) is 0 Å². The average Bonchev–Trinajstić information content (AvgIpc) is 2.28. The SMILES string of the molecule is Nc1cccc(N=Nc2ccc(N)cc2Cl)c1. The van der Waals surface area contributed by atoms with E-state index in [1.807, 2.05) is 12.1 Å². The number of azo groups is 1. The Labute approximate surface area is 104 Å². The molecule has 17 heavy (non-hydrogen) atoms. The maximum Gasteiger partial charge on any atom is 0.104 e. The summed E-state index contributed by atoms with van der Waals surface area (Å²) in [5.41, 5.74) is 13.7. The predicted octanol–water partition coefficient (Wildman–Crippen LogP) is 3.92. The van der Waals surface area contributed by atoms with E-state index in [4.69, 9.17) is 23.1 Å². The summed E-state index contributed by atoms with van der Waals surface area (Å²) in [6, 6.07) is 12.2. The molecule has 0 aliphatic heterocycles. The Bertz CT molecular complexity index is 566. The smallest absolute Gasteiger partial charge is 0.104 e. The number of anilines is 2. The van der Waals surface area contributed by atoms with Crippen molar-refractivity contribution in [2.24, 2.45) is 10.2 Å². The first-order chi connectivity index (χ1) is 8.15. The molecule has 0 spiro atoms. The molecule has 2 aromatic rings. The van der Waals surface area contributed by atoms with Crippen molar-refractivity contribution in [2.75, 3.05) is 11.5 Å². The van der Waals surface area contributed by atoms with Gasteiger partial charge in [-0.1, -0.05) is 17.7 Å². The van der Waals surface area contributed by atoms with E-state index in [1.165, 1.54) is 0 Å². The Morgan fingerprint density at radius 3 is 2.35 bits per heavy atom. The lowest BCUT2D eigenvalue weighted by molar-refractivity contribution is 1.23. The van der Waals surface area contributed by atoms with E-state index in [9.17, 15) is 0 Å². The Kier molecular flexibility index (Phi) is 3.25. The van der Waals surface area contributed by atoms with Crippen LogP contribution in [0.4, 0.5) is 22.7 Å². The van der Waals surface area contributed by atoms with Gasteiger partial charge in [0.1, 0.15) is 5.69 Å². The molecular formula is C12H11ClN4. The first-order valence-corrected chi connectivity index (χ1v) is 5.35. The molecule has 2 aromatic carbocycles. The number of hydrogen-bond donors (Lipinski definition) is 2. The van der Waals surface area contributed by atoms with Crippen molar-refractivity contribution in [1.29, 1.82) is 0 Å². The van der Waals surface area contributed by atoms with Crippen LogP contribution in [0.25, 0.3) is 0 Å². The molecule has 0 heterocycles. The Balaban J connectivity index is 2.26. The Morgan fingerprint density at radius 2 is 1.65 bits per heavy atom. The predicted molar refractivity (Wildman–Crippen MR) is 70.9 cm³/mol. The highest BCUT2D eigenvalue weighted by atomic mass is 35.5. The van der Waals surface area contributed by atoms with Crippen molar-refractivity contribution in [1.82, 2.24) is 0 Å². The zero-order valence-corrected chi connectivity index (χ0v) is 9.72. The van der Waals surface area contributed by atoms with Gasteiger partial charge in [0.2, 0.25) is 0 Å². The second kappa shape index (κ2) is 4.84. The van der Waals surface area contributed by atoms with Crippen LogP contribution in [0.1, 0.15) is 0 Å². The van der Waals surface area contributed by atoms with Gasteiger partial charge >= 0.3 is 0 Å². The summed E-state index contributed by atoms with van der Waals surface area (Å²) < 4.78 is 0. The monoisotopic (exact) mass is 246 g/mol. The zero-order valence-electron chi connectivity index (χ0n) is 8.97. The van der Waals surface area contributed by atoms with Gasteiger partial charge in [0.25, 0.3) is 0 Å². The molecule has 0 atom stereocenters. The van der Waals surface area contributed by atoms with Crippen LogP contribution in [0.2, 0.25) is 5.02 Å². The second-order valence-corrected chi connectivity index (χ2v) is 3.91. The Morgan fingerprint density at radius 1 is 0.882 bits per heavy atom. The fraction of sp³-hybridized carbons (Fsp3) is 0. The van der Waals surface area contributed by atoms with Gasteiger partial charge in [0.15, 0.2) is 0 Å². The molecular weight excluding hydrogens is 236 g/mol. The van der Waals surface area contributed by atoms with E-state index in [0.717, 1.165) is 0 Å². The number of halogens is 1. The highest BCUT2D eigenvalue weighted by molar-refractivity contribution is 6.33. The third-order valence-electron chi connectivity index (χ3n) is 2.12. The molecule has 0 bridgehead atoms. The third-order valence-corrected chi connectivity index (χ3v) is 2.42. The molecule has 4 N–H and O–H groups in total. The van der Waals surface area contributed by atoms with Gasteiger partial charge in [0, 0.05) is 11.4 Å². The summed E-state index contributed by atoms with van der Waals surface area (Å²) in [6.07, 6.45) is 0. The van der Waals surface area contributed by atoms with Gasteiger partial charge in [-0.05, 0) is 36.4 Å². The first-order valence-electron chi connectivity index (χ1n) is 4.97. The van der Waals surface area contributed by atoms with E-state index in [2.05, 4.69) is 10.2 Å². The highest BCUT2D eigenvalue weighted by Crippen LogP contribution is 2.28. The molecule has 5 heteroatoms. The summed E-state index contributed by atoms with van der Waals surface area (Å²) in [7, 11) is 0. The molecule has 0 aliphatic rings. The second-order valence-electron chi connectivity index (χ2n) is 3.51. The minimum atomic E-state index is 0.470. The van der Waals surface area contributed by atoms with E-state index < -0.39 is 0 Å². The molecule has 0 saturated heterocycles. The van der Waals surface area contributed by atoms with Gasteiger partial charge in [-0.25, -0.2) is 0 Å². The molecule has 0 radical (unpaired) electrons. The molecule has 0 aliphatic carbocycles. The van der Waals surface area contributed by atoms with Crippen LogP contribution in [-0.2, 0) is 0 Å². The van der Waals surface area contributed by atoms with Crippen molar-refractivity contribution in [2.45, 2.75) is 0 Å². The lowest BCUT2D eigenvalue weighted by atomic mass is 10.3. The van der Waals surface area contributed by atoms with Crippen molar-refractivity contribution in [3.63, 3.8) is 0 Å². The largest absolute Gasteiger partial charge is 0.399 e. The van der Waals surface area contributed by atoms with Crippen LogP contribution in [0.3, 0.4) is 0 Å². The highest BCUT2D eigenvalue weighted by Gasteiger charge is 1.99. The normalized spacial score (nSPS) is 10.9. The van der Waals surface area contributed by atoms with Crippen LogP contribution >= 0.6 is 11.6 Å². The van der Waals surface area contributed by atoms with Crippen molar-refractivity contribution < 1.29 is 0 Å². The van der Waals surface area contributed by atoms with Gasteiger partial charge in [0.05, 0.1) is 10.7 Å². The molecule has 0 amide bonds. The van der Waals surface area contributed by atoms with Crippen molar-refractivity contribution >= 4 is 34.4 Å². The number of rotatable bonds is 2. The van der Waals surface area contributed by atoms with Crippen LogP contribution in [-0.4, -0.2) is 0 Å². The Hall–Kier alpha value is -2.07. The average molecular weight is 247 g/mol. The summed E-state index contributed by atoms with van der Waals surface area (Å²) in [4.78, 5) is 0. The third kappa shape index (κ3) is 2.95. The maximum absolute atomic E-state index is 5.97. The van der Waals surface area contributed by atoms with Crippen LogP contribution in [0, 0.1) is 0 Å². The van der Waals surface area contributed by atoms with E-state index in [0.29, 0.717) is 27.8 Å². The fourth-order valence-electron chi connectivity index (χ4n) is 1.30. The quantitative estimate of drug-likeness (QED) is 0.622. The molecule has 2 rings (SSSR count). The molecule has 0 saturated carbocycles. The maximum atomic E-state index is 5.97.